The number of aliphatic hydroxyl groups is 1. The molecule has 3 aromatic heterocycles. The maximum atomic E-state index is 14.2. The van der Waals surface area contributed by atoms with Crippen molar-refractivity contribution in [1.29, 1.82) is 0 Å². The number of β-amino-alcohol motifs (C(OH)–C–C–N with tert-alkyl or cyclic N) is 1. The van der Waals surface area contributed by atoms with Crippen molar-refractivity contribution in [2.75, 3.05) is 57.3 Å². The lowest BCUT2D eigenvalue weighted by atomic mass is 9.85. The van der Waals surface area contributed by atoms with Crippen LogP contribution in [0.1, 0.15) is 82.2 Å². The number of likely N-dealkylation sites (tertiary alicyclic amines) is 1. The number of piperidine rings is 1. The number of nitrogens with one attached hydrogen (secondary N) is 4. The Bertz CT molecular complexity index is 2670. The van der Waals surface area contributed by atoms with Gasteiger partial charge in [0.1, 0.15) is 29.9 Å². The van der Waals surface area contributed by atoms with Crippen molar-refractivity contribution in [2.45, 2.75) is 103 Å². The number of benzene rings is 2. The van der Waals surface area contributed by atoms with Gasteiger partial charge in [-0.2, -0.15) is 0 Å². The Morgan fingerprint density at radius 3 is 2.32 bits per heavy atom. The second-order valence-corrected chi connectivity index (χ2v) is 21.4. The molecule has 3 saturated heterocycles. The van der Waals surface area contributed by atoms with Gasteiger partial charge in [-0.25, -0.2) is 15.0 Å². The number of hydrogen-bond acceptors (Lipinski definition) is 13. The van der Waals surface area contributed by atoms with Gasteiger partial charge in [0.05, 0.1) is 39.2 Å². The second-order valence-electron chi connectivity index (χ2n) is 20.1. The van der Waals surface area contributed by atoms with E-state index in [0.717, 1.165) is 44.1 Å². The highest BCUT2D eigenvalue weighted by molar-refractivity contribution is 7.13. The fourth-order valence-electron chi connectivity index (χ4n) is 9.70. The summed E-state index contributed by atoms with van der Waals surface area (Å²) in [4.78, 5) is 93.5. The Kier molecular flexibility index (Phi) is 16.1. The summed E-state index contributed by atoms with van der Waals surface area (Å²) in [6.07, 6.45) is 3.90. The molecular weight excluding hydrogens is 944 g/mol. The molecule has 3 aliphatic rings. The SMILES string of the molecule is Cc1ncsc1-c1ccc(CNC(=O)[C@@H]2C[C@@H](O)CN2C(=O)C(NC(=O)CCC(=O)N2CCN(CCC(NC(=O)C3(N)CCN(c4ncnc5[nH]ccc45)CC3)c3ccc(Cl)cc3)CC2)C(C)(C)C)cc1. The predicted molar refractivity (Wildman–Crippen MR) is 273 cm³/mol. The van der Waals surface area contributed by atoms with Crippen LogP contribution in [0.25, 0.3) is 21.5 Å². The molecular formula is C51H65ClN12O6S. The van der Waals surface area contributed by atoms with Gasteiger partial charge < -0.3 is 46.5 Å². The van der Waals surface area contributed by atoms with E-state index in [9.17, 15) is 29.1 Å². The summed E-state index contributed by atoms with van der Waals surface area (Å²) in [5.41, 5.74) is 11.4. The van der Waals surface area contributed by atoms with Gasteiger partial charge in [-0.1, -0.05) is 68.8 Å². The van der Waals surface area contributed by atoms with Gasteiger partial charge in [0.25, 0.3) is 0 Å². The van der Waals surface area contributed by atoms with Gasteiger partial charge in [-0.3, -0.25) is 28.9 Å². The Morgan fingerprint density at radius 2 is 1.65 bits per heavy atom. The average Bonchev–Trinajstić information content (AvgIpc) is 4.13. The van der Waals surface area contributed by atoms with Crippen molar-refractivity contribution in [3.05, 3.63) is 94.5 Å². The summed E-state index contributed by atoms with van der Waals surface area (Å²) in [7, 11) is 0. The summed E-state index contributed by atoms with van der Waals surface area (Å²) in [6.45, 7) is 11.6. The molecule has 7 N–H and O–H groups in total. The molecule has 2 aromatic carbocycles. The first kappa shape index (κ1) is 51.4. The topological polar surface area (TPSA) is 235 Å². The van der Waals surface area contributed by atoms with E-state index in [2.05, 4.69) is 45.7 Å². The number of H-pyrrole nitrogens is 1. The number of fused-ring (bicyclic) bond motifs is 1. The highest BCUT2D eigenvalue weighted by atomic mass is 35.5. The van der Waals surface area contributed by atoms with E-state index in [1.807, 2.05) is 94.0 Å². The third kappa shape index (κ3) is 12.4. The normalized spacial score (nSPS) is 19.3. The summed E-state index contributed by atoms with van der Waals surface area (Å²) >= 11 is 7.82. The van der Waals surface area contributed by atoms with Crippen LogP contribution in [0.4, 0.5) is 5.82 Å². The van der Waals surface area contributed by atoms with Crippen LogP contribution >= 0.6 is 22.9 Å². The highest BCUT2D eigenvalue weighted by Crippen LogP contribution is 2.31. The molecule has 0 aliphatic carbocycles. The van der Waals surface area contributed by atoms with Crippen LogP contribution in [0.2, 0.25) is 5.02 Å². The van der Waals surface area contributed by atoms with Crippen molar-refractivity contribution < 1.29 is 29.1 Å². The molecule has 3 aliphatic heterocycles. The molecule has 4 atom stereocenters. The number of amides is 5. The van der Waals surface area contributed by atoms with Gasteiger partial charge in [-0.05, 0) is 66.5 Å². The summed E-state index contributed by atoms with van der Waals surface area (Å²) in [5, 5.41) is 21.2. The Balaban J connectivity index is 0.792. The summed E-state index contributed by atoms with van der Waals surface area (Å²) < 4.78 is 0. The predicted octanol–water partition coefficient (Wildman–Crippen LogP) is 4.32. The number of aliphatic hydroxyl groups excluding tert-OH is 1. The molecule has 2 unspecified atom stereocenters. The smallest absolute Gasteiger partial charge is 0.246 e. The van der Waals surface area contributed by atoms with Crippen molar-refractivity contribution >= 4 is 69.3 Å². The number of aromatic amines is 1. The van der Waals surface area contributed by atoms with Gasteiger partial charge in [-0.15, -0.1) is 11.3 Å². The summed E-state index contributed by atoms with van der Waals surface area (Å²) in [6, 6.07) is 15.0. The first-order valence-electron chi connectivity index (χ1n) is 24.4. The zero-order valence-electron chi connectivity index (χ0n) is 40.8. The Morgan fingerprint density at radius 1 is 0.930 bits per heavy atom. The summed E-state index contributed by atoms with van der Waals surface area (Å²) in [5.74, 6) is -0.850. The fraction of sp³-hybridized carbons (Fsp3) is 0.490. The van der Waals surface area contributed by atoms with E-state index in [0.29, 0.717) is 70.1 Å². The monoisotopic (exact) mass is 1010 g/mol. The molecule has 378 valence electrons. The number of hydrogen-bond donors (Lipinski definition) is 6. The van der Waals surface area contributed by atoms with Crippen LogP contribution in [0.5, 0.6) is 0 Å². The largest absolute Gasteiger partial charge is 0.391 e. The number of aromatic nitrogens is 4. The maximum Gasteiger partial charge on any atom is 0.246 e. The minimum atomic E-state index is -1.06. The third-order valence-electron chi connectivity index (χ3n) is 14.1. The van der Waals surface area contributed by atoms with E-state index < -0.39 is 41.0 Å². The van der Waals surface area contributed by atoms with Crippen LogP contribution in [-0.4, -0.2) is 145 Å². The van der Waals surface area contributed by atoms with Crippen molar-refractivity contribution in [3.8, 4) is 10.4 Å². The third-order valence-corrected chi connectivity index (χ3v) is 15.3. The second kappa shape index (κ2) is 22.2. The standard InChI is InChI=1S/C51H65ClN12O6S/c1-32-43(71-31-58-32)35-7-5-33(6-8-35)28-55-47(68)40-27-37(65)29-64(40)48(69)44(50(2,3)4)60-41(66)13-14-42(67)62-25-23-61(24-26-62)20-16-39(34-9-11-36(52)12-10-34)59-49(70)51(53)17-21-63(22-18-51)46-38-15-19-54-45(38)56-30-57-46/h5-12,15,19,30-31,37,39-40,44,65H,13-14,16-18,20-29,53H2,1-4H3,(H,55,68)(H,59,70)(H,60,66)(H,54,56,57)/t37-,39?,40+,44?/m1/s1. The molecule has 18 nitrogen and oxygen atoms in total. The van der Waals surface area contributed by atoms with E-state index >= 15 is 0 Å². The van der Waals surface area contributed by atoms with Crippen molar-refractivity contribution in [2.24, 2.45) is 11.1 Å². The number of anilines is 1. The van der Waals surface area contributed by atoms with Crippen LogP contribution in [0.15, 0.2) is 72.6 Å². The Labute approximate surface area is 423 Å². The lowest BCUT2D eigenvalue weighted by Crippen LogP contribution is -2.60. The zero-order chi connectivity index (χ0) is 50.5. The number of carbonyl (C=O) groups excluding carboxylic acids is 5. The van der Waals surface area contributed by atoms with Crippen LogP contribution < -0.4 is 26.6 Å². The number of nitrogens with zero attached hydrogens (tertiary/aromatic N) is 7. The Hall–Kier alpha value is -5.99. The van der Waals surface area contributed by atoms with E-state index in [1.165, 1.54) is 11.2 Å². The van der Waals surface area contributed by atoms with E-state index in [-0.39, 0.29) is 56.1 Å². The van der Waals surface area contributed by atoms with E-state index in [4.69, 9.17) is 17.3 Å². The number of halogens is 1. The van der Waals surface area contributed by atoms with Crippen LogP contribution in [0.3, 0.4) is 0 Å². The van der Waals surface area contributed by atoms with Crippen molar-refractivity contribution in [3.63, 3.8) is 0 Å². The molecule has 5 amide bonds. The number of nitrogens with two attached hydrogens (primary N) is 1. The molecule has 6 heterocycles. The number of rotatable bonds is 16. The molecule has 71 heavy (non-hydrogen) atoms. The first-order valence-corrected chi connectivity index (χ1v) is 25.6. The van der Waals surface area contributed by atoms with Gasteiger partial charge in [0.15, 0.2) is 0 Å². The fourth-order valence-corrected chi connectivity index (χ4v) is 10.6. The van der Waals surface area contributed by atoms with Gasteiger partial charge in [0, 0.05) is 89.4 Å². The lowest BCUT2D eigenvalue weighted by molar-refractivity contribution is -0.144. The quantitative estimate of drug-likeness (QED) is 0.0812. The molecule has 0 saturated carbocycles. The van der Waals surface area contributed by atoms with Crippen molar-refractivity contribution in [1.82, 2.24) is 50.6 Å². The van der Waals surface area contributed by atoms with E-state index in [1.54, 1.807) is 16.2 Å². The lowest BCUT2D eigenvalue weighted by Gasteiger charge is -2.40. The minimum Gasteiger partial charge on any atom is -0.391 e. The molecule has 20 heteroatoms. The molecule has 5 aromatic rings. The van der Waals surface area contributed by atoms with Gasteiger partial charge in [0.2, 0.25) is 29.5 Å². The number of thiazole rings is 1. The zero-order valence-corrected chi connectivity index (χ0v) is 42.4. The minimum absolute atomic E-state index is 0.0338. The molecule has 0 radical (unpaired) electrons. The molecule has 3 fully saturated rings. The molecule has 0 spiro atoms. The maximum absolute atomic E-state index is 14.2. The number of aryl methyl sites for hydroxylation is 1. The van der Waals surface area contributed by atoms with Crippen LogP contribution in [0, 0.1) is 12.3 Å². The molecule has 0 bridgehead atoms. The van der Waals surface area contributed by atoms with Gasteiger partial charge >= 0.3 is 0 Å². The molecule has 8 rings (SSSR count). The average molecular weight is 1010 g/mol. The first-order chi connectivity index (χ1) is 34.0. The van der Waals surface area contributed by atoms with Crippen LogP contribution in [-0.2, 0) is 30.5 Å². The highest BCUT2D eigenvalue weighted by Gasteiger charge is 2.45. The number of carbonyl (C=O) groups is 5. The number of piperazine rings is 1.